The molecule has 0 heteroatoms. The molecule has 0 aliphatic heterocycles. The largest absolute Gasteiger partial charge is 0.0654 e. The van der Waals surface area contributed by atoms with E-state index in [4.69, 9.17) is 0 Å². The van der Waals surface area contributed by atoms with Crippen LogP contribution in [0.3, 0.4) is 0 Å². The van der Waals surface area contributed by atoms with Gasteiger partial charge in [0.05, 0.1) is 0 Å². The number of benzene rings is 1. The zero-order valence-corrected chi connectivity index (χ0v) is 11.1. The lowest BCUT2D eigenvalue weighted by Crippen LogP contribution is -2.01. The fraction of sp³-hybridized carbons (Fsp3) is 0.625. The predicted molar refractivity (Wildman–Crippen MR) is 72.8 cm³/mol. The summed E-state index contributed by atoms with van der Waals surface area (Å²) in [4.78, 5) is 0. The number of hydrogen-bond donors (Lipinski definition) is 0. The molecule has 0 aromatic heterocycles. The summed E-state index contributed by atoms with van der Waals surface area (Å²) in [6.07, 6.45) is 8.19. The van der Waals surface area contributed by atoms with Crippen molar-refractivity contribution in [2.24, 2.45) is 5.92 Å². The molecule has 0 heterocycles. The third-order valence-corrected chi connectivity index (χ3v) is 3.38. The number of unbranched alkanes of at least 4 members (excludes halogenated alkanes) is 3. The highest BCUT2D eigenvalue weighted by Gasteiger charge is 2.05. The Bertz CT molecular complexity index is 288. The Balaban J connectivity index is 2.28. The Morgan fingerprint density at radius 1 is 1.06 bits per heavy atom. The van der Waals surface area contributed by atoms with E-state index in [-0.39, 0.29) is 0 Å². The second-order valence-electron chi connectivity index (χ2n) is 5.09. The zero-order valence-electron chi connectivity index (χ0n) is 11.1. The minimum absolute atomic E-state index is 0.831. The molecule has 1 rings (SSSR count). The minimum Gasteiger partial charge on any atom is -0.0654 e. The van der Waals surface area contributed by atoms with Crippen molar-refractivity contribution in [1.82, 2.24) is 0 Å². The molecule has 0 amide bonds. The van der Waals surface area contributed by atoms with Crippen LogP contribution in [0.15, 0.2) is 24.3 Å². The van der Waals surface area contributed by atoms with Gasteiger partial charge >= 0.3 is 0 Å². The molecule has 1 atom stereocenters. The number of hydrogen-bond acceptors (Lipinski definition) is 0. The van der Waals surface area contributed by atoms with Crippen molar-refractivity contribution in [2.75, 3.05) is 0 Å². The summed E-state index contributed by atoms with van der Waals surface area (Å²) < 4.78 is 0. The Hall–Kier alpha value is -0.780. The van der Waals surface area contributed by atoms with Crippen LogP contribution >= 0.6 is 0 Å². The maximum atomic E-state index is 2.39. The van der Waals surface area contributed by atoms with Crippen molar-refractivity contribution in [3.8, 4) is 0 Å². The molecule has 1 aromatic carbocycles. The van der Waals surface area contributed by atoms with Crippen LogP contribution in [-0.4, -0.2) is 0 Å². The minimum atomic E-state index is 0.831. The first-order valence-electron chi connectivity index (χ1n) is 6.78. The van der Waals surface area contributed by atoms with Gasteiger partial charge in [0, 0.05) is 0 Å². The van der Waals surface area contributed by atoms with Gasteiger partial charge in [-0.05, 0) is 30.4 Å². The van der Waals surface area contributed by atoms with Crippen molar-refractivity contribution in [3.05, 3.63) is 35.4 Å². The molecule has 0 saturated heterocycles. The van der Waals surface area contributed by atoms with Crippen molar-refractivity contribution in [3.63, 3.8) is 0 Å². The summed E-state index contributed by atoms with van der Waals surface area (Å²) in [6, 6.07) is 8.79. The first-order valence-corrected chi connectivity index (χ1v) is 6.78. The fourth-order valence-corrected chi connectivity index (χ4v) is 2.24. The van der Waals surface area contributed by atoms with Crippen LogP contribution < -0.4 is 0 Å². The number of aryl methyl sites for hydroxylation is 1. The third kappa shape index (κ3) is 4.83. The van der Waals surface area contributed by atoms with Crippen molar-refractivity contribution < 1.29 is 0 Å². The Labute approximate surface area is 101 Å². The molecular weight excluding hydrogens is 192 g/mol. The highest BCUT2D eigenvalue weighted by atomic mass is 14.1. The van der Waals surface area contributed by atoms with Gasteiger partial charge in [-0.3, -0.25) is 0 Å². The van der Waals surface area contributed by atoms with E-state index in [1.165, 1.54) is 49.7 Å². The molecule has 0 aliphatic carbocycles. The van der Waals surface area contributed by atoms with E-state index in [0.717, 1.165) is 5.92 Å². The van der Waals surface area contributed by atoms with Gasteiger partial charge in [0.2, 0.25) is 0 Å². The normalized spacial score (nSPS) is 12.7. The average Bonchev–Trinajstić information content (AvgIpc) is 2.28. The van der Waals surface area contributed by atoms with E-state index in [9.17, 15) is 0 Å². The van der Waals surface area contributed by atoms with Gasteiger partial charge in [-0.1, -0.05) is 70.2 Å². The van der Waals surface area contributed by atoms with Crippen molar-refractivity contribution in [2.45, 2.75) is 59.3 Å². The summed E-state index contributed by atoms with van der Waals surface area (Å²) in [5, 5.41) is 0. The molecule has 0 bridgehead atoms. The van der Waals surface area contributed by atoms with Crippen LogP contribution in [0.4, 0.5) is 0 Å². The Morgan fingerprint density at radius 2 is 1.81 bits per heavy atom. The topological polar surface area (TPSA) is 0 Å². The Kier molecular flexibility index (Phi) is 6.22. The lowest BCUT2D eigenvalue weighted by molar-refractivity contribution is 0.486. The zero-order chi connectivity index (χ0) is 11.8. The smallest absolute Gasteiger partial charge is 0.0250 e. The van der Waals surface area contributed by atoms with Crippen LogP contribution in [0, 0.1) is 12.8 Å². The van der Waals surface area contributed by atoms with Gasteiger partial charge in [-0.2, -0.15) is 0 Å². The van der Waals surface area contributed by atoms with Gasteiger partial charge in [0.15, 0.2) is 0 Å². The molecule has 1 unspecified atom stereocenters. The predicted octanol–water partition coefficient (Wildman–Crippen LogP) is 5.14. The van der Waals surface area contributed by atoms with Gasteiger partial charge in [-0.15, -0.1) is 0 Å². The standard InChI is InChI=1S/C16H26/c1-4-5-6-7-10-14(2)13-16-12-9-8-11-15(16)3/h8-9,11-12,14H,4-7,10,13H2,1-3H3. The van der Waals surface area contributed by atoms with E-state index in [1.54, 1.807) is 0 Å². The second kappa shape index (κ2) is 7.49. The van der Waals surface area contributed by atoms with E-state index < -0.39 is 0 Å². The molecule has 0 spiro atoms. The van der Waals surface area contributed by atoms with Crippen molar-refractivity contribution in [1.29, 1.82) is 0 Å². The molecule has 0 saturated carbocycles. The lowest BCUT2D eigenvalue weighted by Gasteiger charge is -2.13. The monoisotopic (exact) mass is 218 g/mol. The Morgan fingerprint density at radius 3 is 2.50 bits per heavy atom. The summed E-state index contributed by atoms with van der Waals surface area (Å²) in [5.74, 6) is 0.831. The van der Waals surface area contributed by atoms with Gasteiger partial charge in [-0.25, -0.2) is 0 Å². The number of rotatable bonds is 7. The van der Waals surface area contributed by atoms with Crippen LogP contribution in [0.25, 0.3) is 0 Å². The van der Waals surface area contributed by atoms with Crippen LogP contribution in [0.1, 0.15) is 57.1 Å². The van der Waals surface area contributed by atoms with Gasteiger partial charge in [0.25, 0.3) is 0 Å². The van der Waals surface area contributed by atoms with Gasteiger partial charge in [0.1, 0.15) is 0 Å². The van der Waals surface area contributed by atoms with Crippen LogP contribution in [0.2, 0.25) is 0 Å². The van der Waals surface area contributed by atoms with E-state index in [1.807, 2.05) is 0 Å². The second-order valence-corrected chi connectivity index (χ2v) is 5.09. The molecule has 1 aromatic rings. The highest BCUT2D eigenvalue weighted by Crippen LogP contribution is 2.18. The molecule has 0 fully saturated rings. The average molecular weight is 218 g/mol. The molecule has 0 aliphatic rings. The summed E-state index contributed by atoms with van der Waals surface area (Å²) in [6.45, 7) is 6.88. The first-order chi connectivity index (χ1) is 7.74. The lowest BCUT2D eigenvalue weighted by atomic mass is 9.93. The SMILES string of the molecule is CCCCCCC(C)Cc1ccccc1C. The summed E-state index contributed by atoms with van der Waals surface area (Å²) in [7, 11) is 0. The van der Waals surface area contributed by atoms with E-state index in [0.29, 0.717) is 0 Å². The highest BCUT2D eigenvalue weighted by molar-refractivity contribution is 5.25. The van der Waals surface area contributed by atoms with Crippen molar-refractivity contribution >= 4 is 0 Å². The molecule has 16 heavy (non-hydrogen) atoms. The van der Waals surface area contributed by atoms with Crippen LogP contribution in [0.5, 0.6) is 0 Å². The molecular formula is C16H26. The van der Waals surface area contributed by atoms with Gasteiger partial charge < -0.3 is 0 Å². The quantitative estimate of drug-likeness (QED) is 0.556. The summed E-state index contributed by atoms with van der Waals surface area (Å²) in [5.41, 5.74) is 2.98. The van der Waals surface area contributed by atoms with E-state index in [2.05, 4.69) is 45.0 Å². The van der Waals surface area contributed by atoms with E-state index >= 15 is 0 Å². The third-order valence-electron chi connectivity index (χ3n) is 3.38. The maximum Gasteiger partial charge on any atom is -0.0250 e. The first kappa shape index (κ1) is 13.3. The van der Waals surface area contributed by atoms with Crippen LogP contribution in [-0.2, 0) is 6.42 Å². The molecule has 0 radical (unpaired) electrons. The fourth-order valence-electron chi connectivity index (χ4n) is 2.24. The maximum absolute atomic E-state index is 2.39. The summed E-state index contributed by atoms with van der Waals surface area (Å²) >= 11 is 0. The molecule has 0 N–H and O–H groups in total. The molecule has 0 nitrogen and oxygen atoms in total. The molecule has 90 valence electrons.